The number of amides is 2. The van der Waals surface area contributed by atoms with Crippen molar-refractivity contribution in [2.45, 2.75) is 20.5 Å². The molecular formula is C25H24IN3O5. The number of halogens is 1. The molecular weight excluding hydrogens is 549 g/mol. The number of nitrogens with one attached hydrogen (secondary N) is 2. The molecule has 8 nitrogen and oxygen atoms in total. The van der Waals surface area contributed by atoms with Gasteiger partial charge in [0.1, 0.15) is 6.61 Å². The molecule has 0 atom stereocenters. The highest BCUT2D eigenvalue weighted by atomic mass is 127. The highest BCUT2D eigenvalue weighted by Crippen LogP contribution is 2.34. The van der Waals surface area contributed by atoms with E-state index >= 15 is 0 Å². The van der Waals surface area contributed by atoms with Gasteiger partial charge < -0.3 is 19.9 Å². The van der Waals surface area contributed by atoms with Crippen molar-refractivity contribution in [1.82, 2.24) is 5.43 Å². The molecule has 0 spiro atoms. The fourth-order valence-electron chi connectivity index (χ4n) is 2.99. The lowest BCUT2D eigenvalue weighted by molar-refractivity contribution is 0.0696. The summed E-state index contributed by atoms with van der Waals surface area (Å²) in [5.74, 6) is 0.148. The number of hydrazone groups is 1. The molecule has 0 aliphatic carbocycles. The zero-order valence-corrected chi connectivity index (χ0v) is 20.8. The number of carboxylic acids is 1. The summed E-state index contributed by atoms with van der Waals surface area (Å²) in [6, 6.07) is 17.2. The summed E-state index contributed by atoms with van der Waals surface area (Å²) in [6.07, 6.45) is 1.52. The molecule has 0 aliphatic rings. The average molecular weight is 573 g/mol. The van der Waals surface area contributed by atoms with Gasteiger partial charge in [0.2, 0.25) is 0 Å². The fourth-order valence-corrected chi connectivity index (χ4v) is 3.77. The van der Waals surface area contributed by atoms with Gasteiger partial charge >= 0.3 is 12.0 Å². The van der Waals surface area contributed by atoms with E-state index in [1.807, 2.05) is 44.2 Å². The first-order chi connectivity index (χ1) is 16.4. The van der Waals surface area contributed by atoms with E-state index in [1.54, 1.807) is 18.2 Å². The summed E-state index contributed by atoms with van der Waals surface area (Å²) in [7, 11) is 0. The van der Waals surface area contributed by atoms with Crippen molar-refractivity contribution >= 4 is 46.5 Å². The van der Waals surface area contributed by atoms with E-state index in [-0.39, 0.29) is 12.2 Å². The van der Waals surface area contributed by atoms with Crippen LogP contribution in [-0.4, -0.2) is 29.9 Å². The number of aryl methyl sites for hydroxylation is 1. The molecule has 176 valence electrons. The Bertz CT molecular complexity index is 1200. The van der Waals surface area contributed by atoms with Crippen LogP contribution in [0.5, 0.6) is 11.5 Å². The van der Waals surface area contributed by atoms with E-state index in [2.05, 4.69) is 38.4 Å². The molecule has 9 heteroatoms. The quantitative estimate of drug-likeness (QED) is 0.180. The van der Waals surface area contributed by atoms with E-state index in [0.29, 0.717) is 23.8 Å². The first-order valence-electron chi connectivity index (χ1n) is 10.4. The first kappa shape index (κ1) is 25.0. The standard InChI is InChI=1S/C25H24IN3O5/c1-3-33-22-13-18(14-27-29-25(32)28-21-7-5-4-6-16(21)2)12-20(26)23(22)34-15-17-8-10-19(11-9-17)24(30)31/h4-14H,3,15H2,1-2H3,(H,30,31)(H2,28,29,32). The maximum atomic E-state index is 12.1. The van der Waals surface area contributed by atoms with Crippen LogP contribution in [0.1, 0.15) is 34.0 Å². The third-order valence-corrected chi connectivity index (χ3v) is 5.49. The Morgan fingerprint density at radius 1 is 1.09 bits per heavy atom. The highest BCUT2D eigenvalue weighted by Gasteiger charge is 2.13. The monoisotopic (exact) mass is 573 g/mol. The number of hydrogen-bond donors (Lipinski definition) is 3. The molecule has 0 heterocycles. The molecule has 3 N–H and O–H groups in total. The molecule has 0 radical (unpaired) electrons. The van der Waals surface area contributed by atoms with E-state index in [0.717, 1.165) is 20.3 Å². The Morgan fingerprint density at radius 3 is 2.50 bits per heavy atom. The van der Waals surface area contributed by atoms with Crippen molar-refractivity contribution in [3.63, 3.8) is 0 Å². The van der Waals surface area contributed by atoms with Crippen LogP contribution in [0.3, 0.4) is 0 Å². The molecule has 0 aromatic heterocycles. The number of ether oxygens (including phenoxy) is 2. The number of anilines is 1. The molecule has 0 unspecified atom stereocenters. The van der Waals surface area contributed by atoms with Crippen molar-refractivity contribution in [2.75, 3.05) is 11.9 Å². The summed E-state index contributed by atoms with van der Waals surface area (Å²) in [4.78, 5) is 23.1. The maximum Gasteiger partial charge on any atom is 0.339 e. The highest BCUT2D eigenvalue weighted by molar-refractivity contribution is 14.1. The molecule has 34 heavy (non-hydrogen) atoms. The zero-order valence-electron chi connectivity index (χ0n) is 18.7. The lowest BCUT2D eigenvalue weighted by Gasteiger charge is -2.15. The number of hydrogen-bond acceptors (Lipinski definition) is 5. The second-order valence-electron chi connectivity index (χ2n) is 7.19. The van der Waals surface area contributed by atoms with Gasteiger partial charge in [-0.15, -0.1) is 0 Å². The van der Waals surface area contributed by atoms with E-state index < -0.39 is 12.0 Å². The van der Waals surface area contributed by atoms with Crippen molar-refractivity contribution in [3.05, 3.63) is 86.5 Å². The Hall–Kier alpha value is -3.60. The van der Waals surface area contributed by atoms with Gasteiger partial charge in [-0.1, -0.05) is 30.3 Å². The third kappa shape index (κ3) is 6.95. The van der Waals surface area contributed by atoms with Gasteiger partial charge in [-0.3, -0.25) is 0 Å². The Balaban J connectivity index is 1.66. The van der Waals surface area contributed by atoms with E-state index in [1.165, 1.54) is 18.3 Å². The Kier molecular flexibility index (Phi) is 8.86. The number of urea groups is 1. The average Bonchev–Trinajstić information content (AvgIpc) is 2.80. The van der Waals surface area contributed by atoms with Crippen molar-refractivity contribution < 1.29 is 24.2 Å². The second-order valence-corrected chi connectivity index (χ2v) is 8.35. The van der Waals surface area contributed by atoms with Crippen LogP contribution in [0.2, 0.25) is 0 Å². The van der Waals surface area contributed by atoms with E-state index in [9.17, 15) is 9.59 Å². The molecule has 0 saturated carbocycles. The minimum Gasteiger partial charge on any atom is -0.490 e. The third-order valence-electron chi connectivity index (χ3n) is 4.69. The largest absolute Gasteiger partial charge is 0.490 e. The Labute approximate surface area is 211 Å². The number of rotatable bonds is 9. The van der Waals surface area contributed by atoms with Crippen LogP contribution in [0.25, 0.3) is 0 Å². The molecule has 0 fully saturated rings. The van der Waals surface area contributed by atoms with Crippen LogP contribution in [0.4, 0.5) is 10.5 Å². The summed E-state index contributed by atoms with van der Waals surface area (Å²) >= 11 is 2.15. The SMILES string of the molecule is CCOc1cc(C=NNC(=O)Nc2ccccc2C)cc(I)c1OCc1ccc(C(=O)O)cc1. The van der Waals surface area contributed by atoms with Gasteiger partial charge in [0.15, 0.2) is 11.5 Å². The van der Waals surface area contributed by atoms with Gasteiger partial charge in [-0.2, -0.15) is 5.10 Å². The van der Waals surface area contributed by atoms with Crippen molar-refractivity contribution in [2.24, 2.45) is 5.10 Å². The van der Waals surface area contributed by atoms with Crippen molar-refractivity contribution in [1.29, 1.82) is 0 Å². The molecule has 3 aromatic rings. The predicted octanol–water partition coefficient (Wildman–Crippen LogP) is 5.43. The van der Waals surface area contributed by atoms with Crippen LogP contribution in [0, 0.1) is 10.5 Å². The molecule has 0 aliphatic heterocycles. The molecule has 0 bridgehead atoms. The molecule has 0 saturated heterocycles. The smallest absolute Gasteiger partial charge is 0.339 e. The van der Waals surface area contributed by atoms with Crippen LogP contribution < -0.4 is 20.2 Å². The number of carbonyl (C=O) groups is 2. The summed E-state index contributed by atoms with van der Waals surface area (Å²) in [6.45, 7) is 4.48. The zero-order chi connectivity index (χ0) is 24.5. The summed E-state index contributed by atoms with van der Waals surface area (Å²) in [5.41, 5.74) is 5.89. The van der Waals surface area contributed by atoms with Crippen molar-refractivity contribution in [3.8, 4) is 11.5 Å². The van der Waals surface area contributed by atoms with Crippen LogP contribution in [0.15, 0.2) is 65.8 Å². The molecule has 3 aromatic carbocycles. The van der Waals surface area contributed by atoms with Gasteiger partial charge in [-0.25, -0.2) is 15.0 Å². The summed E-state index contributed by atoms with van der Waals surface area (Å²) < 4.78 is 12.5. The lowest BCUT2D eigenvalue weighted by atomic mass is 10.1. The predicted molar refractivity (Wildman–Crippen MR) is 139 cm³/mol. The number of carboxylic acid groups (broad SMARTS) is 1. The van der Waals surface area contributed by atoms with Gasteiger partial charge in [0, 0.05) is 5.69 Å². The van der Waals surface area contributed by atoms with Gasteiger partial charge in [-0.05, 0) is 83.5 Å². The maximum absolute atomic E-state index is 12.1. The number of para-hydroxylation sites is 1. The van der Waals surface area contributed by atoms with Crippen LogP contribution >= 0.6 is 22.6 Å². The Morgan fingerprint density at radius 2 is 1.82 bits per heavy atom. The number of nitrogens with zero attached hydrogens (tertiary/aromatic N) is 1. The van der Waals surface area contributed by atoms with E-state index in [4.69, 9.17) is 14.6 Å². The number of aromatic carboxylic acids is 1. The number of carbonyl (C=O) groups excluding carboxylic acids is 1. The van der Waals surface area contributed by atoms with Gasteiger partial charge in [0.05, 0.1) is 22.0 Å². The topological polar surface area (TPSA) is 109 Å². The molecule has 3 rings (SSSR count). The molecule has 2 amide bonds. The van der Waals surface area contributed by atoms with Crippen LogP contribution in [-0.2, 0) is 6.61 Å². The lowest BCUT2D eigenvalue weighted by Crippen LogP contribution is -2.24. The minimum atomic E-state index is -0.972. The summed E-state index contributed by atoms with van der Waals surface area (Å²) in [5, 5.41) is 15.8. The minimum absolute atomic E-state index is 0.221. The second kappa shape index (κ2) is 12.0. The number of benzene rings is 3. The van der Waals surface area contributed by atoms with Gasteiger partial charge in [0.25, 0.3) is 0 Å². The fraction of sp³-hybridized carbons (Fsp3) is 0.160. The first-order valence-corrected chi connectivity index (χ1v) is 11.5. The normalized spacial score (nSPS) is 10.7.